The van der Waals surface area contributed by atoms with Gasteiger partial charge in [-0.25, -0.2) is 0 Å². The number of anilines is 1. The maximum atomic E-state index is 5.64. The number of hydrogen-bond donors (Lipinski definition) is 0. The molecule has 0 bridgehead atoms. The Morgan fingerprint density at radius 3 is 2.36 bits per heavy atom. The van der Waals surface area contributed by atoms with E-state index in [2.05, 4.69) is 15.1 Å². The maximum absolute atomic E-state index is 5.64. The number of aromatic nitrogens is 2. The fourth-order valence-electron chi connectivity index (χ4n) is 0.977. The molecule has 1 heterocycles. The molecule has 0 aromatic carbocycles. The fourth-order valence-corrected chi connectivity index (χ4v) is 1.08. The summed E-state index contributed by atoms with van der Waals surface area (Å²) in [6, 6.07) is 3.61. The van der Waals surface area contributed by atoms with Crippen LogP contribution in [0.2, 0.25) is 5.15 Å². The lowest BCUT2D eigenvalue weighted by atomic mass is 10.4. The zero-order chi connectivity index (χ0) is 10.6. The second-order valence-corrected chi connectivity index (χ2v) is 3.83. The summed E-state index contributed by atoms with van der Waals surface area (Å²) in [4.78, 5) is 4.17. The van der Waals surface area contributed by atoms with E-state index in [0.717, 1.165) is 18.9 Å². The number of hydrogen-bond acceptors (Lipinski definition) is 4. The average molecular weight is 215 g/mol. The van der Waals surface area contributed by atoms with Gasteiger partial charge in [0, 0.05) is 20.1 Å². The van der Waals surface area contributed by atoms with Crippen molar-refractivity contribution in [2.75, 3.05) is 39.1 Å². The summed E-state index contributed by atoms with van der Waals surface area (Å²) < 4.78 is 0. The first-order valence-corrected chi connectivity index (χ1v) is 4.82. The van der Waals surface area contributed by atoms with Gasteiger partial charge in [0.05, 0.1) is 0 Å². The van der Waals surface area contributed by atoms with Gasteiger partial charge in [0.15, 0.2) is 11.0 Å². The van der Waals surface area contributed by atoms with Crippen molar-refractivity contribution in [1.29, 1.82) is 0 Å². The van der Waals surface area contributed by atoms with Crippen molar-refractivity contribution in [2.24, 2.45) is 0 Å². The molecule has 1 aromatic heterocycles. The van der Waals surface area contributed by atoms with Gasteiger partial charge < -0.3 is 9.80 Å². The van der Waals surface area contributed by atoms with Gasteiger partial charge in [0.2, 0.25) is 0 Å². The Morgan fingerprint density at radius 2 is 1.86 bits per heavy atom. The van der Waals surface area contributed by atoms with Crippen LogP contribution in [-0.4, -0.2) is 49.3 Å². The molecule has 0 amide bonds. The van der Waals surface area contributed by atoms with E-state index >= 15 is 0 Å². The Balaban J connectivity index is 2.52. The van der Waals surface area contributed by atoms with Gasteiger partial charge in [-0.2, -0.15) is 0 Å². The number of nitrogens with zero attached hydrogens (tertiary/aromatic N) is 4. The lowest BCUT2D eigenvalue weighted by molar-refractivity contribution is 0.416. The van der Waals surface area contributed by atoms with Gasteiger partial charge >= 0.3 is 0 Å². The Labute approximate surface area is 89.5 Å². The summed E-state index contributed by atoms with van der Waals surface area (Å²) in [7, 11) is 6.07. The predicted molar refractivity (Wildman–Crippen MR) is 58.9 cm³/mol. The standard InChI is InChI=1S/C9H15ClN4/c1-13(2)6-7-14(3)9-5-4-8(10)11-12-9/h4-5H,6-7H2,1-3H3. The van der Waals surface area contributed by atoms with E-state index in [1.54, 1.807) is 6.07 Å². The predicted octanol–water partition coefficient (Wildman–Crippen LogP) is 1.13. The fraction of sp³-hybridized carbons (Fsp3) is 0.556. The van der Waals surface area contributed by atoms with E-state index in [0.29, 0.717) is 5.15 Å². The van der Waals surface area contributed by atoms with Gasteiger partial charge in [0.25, 0.3) is 0 Å². The molecule has 0 aliphatic heterocycles. The number of halogens is 1. The highest BCUT2D eigenvalue weighted by molar-refractivity contribution is 6.29. The van der Waals surface area contributed by atoms with Crippen LogP contribution in [0.15, 0.2) is 12.1 Å². The van der Waals surface area contributed by atoms with E-state index in [9.17, 15) is 0 Å². The normalized spacial score (nSPS) is 10.6. The van der Waals surface area contributed by atoms with E-state index in [1.165, 1.54) is 0 Å². The van der Waals surface area contributed by atoms with Crippen LogP contribution >= 0.6 is 11.6 Å². The van der Waals surface area contributed by atoms with Gasteiger partial charge in [-0.3, -0.25) is 0 Å². The molecule has 0 saturated heterocycles. The van der Waals surface area contributed by atoms with Crippen LogP contribution < -0.4 is 4.90 Å². The van der Waals surface area contributed by atoms with Crippen molar-refractivity contribution in [3.8, 4) is 0 Å². The highest BCUT2D eigenvalue weighted by Crippen LogP contribution is 2.09. The molecule has 0 unspecified atom stereocenters. The van der Waals surface area contributed by atoms with E-state index in [1.807, 2.05) is 32.1 Å². The molecule has 0 spiro atoms. The minimum Gasteiger partial charge on any atom is -0.357 e. The van der Waals surface area contributed by atoms with Crippen molar-refractivity contribution in [2.45, 2.75) is 0 Å². The number of rotatable bonds is 4. The molecule has 4 nitrogen and oxygen atoms in total. The lowest BCUT2D eigenvalue weighted by Crippen LogP contribution is -2.29. The Bertz CT molecular complexity index is 273. The monoisotopic (exact) mass is 214 g/mol. The summed E-state index contributed by atoms with van der Waals surface area (Å²) in [6.07, 6.45) is 0. The van der Waals surface area contributed by atoms with Crippen molar-refractivity contribution >= 4 is 17.4 Å². The Morgan fingerprint density at radius 1 is 1.14 bits per heavy atom. The molecule has 5 heteroatoms. The highest BCUT2D eigenvalue weighted by Gasteiger charge is 2.02. The molecular weight excluding hydrogens is 200 g/mol. The van der Waals surface area contributed by atoms with Crippen molar-refractivity contribution in [1.82, 2.24) is 15.1 Å². The molecule has 0 aliphatic carbocycles. The second kappa shape index (κ2) is 5.12. The Kier molecular flexibility index (Phi) is 4.10. The van der Waals surface area contributed by atoms with Crippen LogP contribution in [0.25, 0.3) is 0 Å². The van der Waals surface area contributed by atoms with Crippen LogP contribution in [0.1, 0.15) is 0 Å². The van der Waals surface area contributed by atoms with Crippen molar-refractivity contribution < 1.29 is 0 Å². The number of likely N-dealkylation sites (N-methyl/N-ethyl adjacent to an activating group) is 2. The third-order valence-electron chi connectivity index (χ3n) is 1.89. The highest BCUT2D eigenvalue weighted by atomic mass is 35.5. The minimum absolute atomic E-state index is 0.426. The van der Waals surface area contributed by atoms with E-state index in [4.69, 9.17) is 11.6 Å². The van der Waals surface area contributed by atoms with Crippen LogP contribution in [0, 0.1) is 0 Å². The quantitative estimate of drug-likeness (QED) is 0.752. The molecule has 1 rings (SSSR count). The molecule has 0 saturated carbocycles. The molecule has 0 fully saturated rings. The molecule has 1 aromatic rings. The van der Waals surface area contributed by atoms with Crippen LogP contribution in [-0.2, 0) is 0 Å². The molecule has 14 heavy (non-hydrogen) atoms. The molecule has 0 atom stereocenters. The van der Waals surface area contributed by atoms with Crippen LogP contribution in [0.3, 0.4) is 0 Å². The van der Waals surface area contributed by atoms with Gasteiger partial charge in [-0.05, 0) is 26.2 Å². The maximum Gasteiger partial charge on any atom is 0.151 e. The average Bonchev–Trinajstić information content (AvgIpc) is 2.15. The summed E-state index contributed by atoms with van der Waals surface area (Å²) in [5.74, 6) is 0.844. The Hall–Kier alpha value is -0.870. The largest absolute Gasteiger partial charge is 0.357 e. The molecular formula is C9H15ClN4. The first-order chi connectivity index (χ1) is 6.59. The summed E-state index contributed by atoms with van der Waals surface area (Å²) in [6.45, 7) is 1.91. The van der Waals surface area contributed by atoms with E-state index in [-0.39, 0.29) is 0 Å². The lowest BCUT2D eigenvalue weighted by Gasteiger charge is -2.19. The van der Waals surface area contributed by atoms with Crippen LogP contribution in [0.4, 0.5) is 5.82 Å². The molecule has 0 aliphatic rings. The van der Waals surface area contributed by atoms with Crippen molar-refractivity contribution in [3.05, 3.63) is 17.3 Å². The molecule has 0 radical (unpaired) electrons. The minimum atomic E-state index is 0.426. The summed E-state index contributed by atoms with van der Waals surface area (Å²) in [5.41, 5.74) is 0. The van der Waals surface area contributed by atoms with Crippen LogP contribution in [0.5, 0.6) is 0 Å². The van der Waals surface area contributed by atoms with Gasteiger partial charge in [-0.1, -0.05) is 11.6 Å². The van der Waals surface area contributed by atoms with Crippen molar-refractivity contribution in [3.63, 3.8) is 0 Å². The van der Waals surface area contributed by atoms with Gasteiger partial charge in [0.1, 0.15) is 0 Å². The summed E-state index contributed by atoms with van der Waals surface area (Å²) in [5, 5.41) is 8.19. The van der Waals surface area contributed by atoms with Gasteiger partial charge in [-0.15, -0.1) is 10.2 Å². The summed E-state index contributed by atoms with van der Waals surface area (Å²) >= 11 is 5.64. The molecule has 0 N–H and O–H groups in total. The third-order valence-corrected chi connectivity index (χ3v) is 2.09. The third kappa shape index (κ3) is 3.47. The van der Waals surface area contributed by atoms with E-state index < -0.39 is 0 Å². The zero-order valence-corrected chi connectivity index (χ0v) is 9.49. The first-order valence-electron chi connectivity index (χ1n) is 4.44. The second-order valence-electron chi connectivity index (χ2n) is 3.44. The topological polar surface area (TPSA) is 32.3 Å². The zero-order valence-electron chi connectivity index (χ0n) is 8.74. The molecule has 78 valence electrons. The smallest absolute Gasteiger partial charge is 0.151 e. The SMILES string of the molecule is CN(C)CCN(C)c1ccc(Cl)nn1. The first kappa shape index (κ1) is 11.2.